The van der Waals surface area contributed by atoms with Crippen LogP contribution in [0.15, 0.2) is 59.7 Å². The summed E-state index contributed by atoms with van der Waals surface area (Å²) in [6.45, 7) is 2.32. The Morgan fingerprint density at radius 2 is 2.22 bits per heavy atom. The second-order valence-corrected chi connectivity index (χ2v) is 8.38. The number of allylic oxidation sites excluding steroid dienone is 4. The maximum absolute atomic E-state index is 12.3. The van der Waals surface area contributed by atoms with Crippen molar-refractivity contribution in [3.05, 3.63) is 65.2 Å². The van der Waals surface area contributed by atoms with E-state index in [1.165, 1.54) is 5.56 Å². The molecule has 1 fully saturated rings. The predicted octanol–water partition coefficient (Wildman–Crippen LogP) is 4.11. The molecule has 0 N–H and O–H groups in total. The van der Waals surface area contributed by atoms with Crippen LogP contribution >= 0.6 is 0 Å². The number of aromatic nitrogens is 1. The first-order valence-corrected chi connectivity index (χ1v) is 9.88. The highest BCUT2D eigenvalue weighted by atomic mass is 16.5. The Hall–Kier alpha value is -2.20. The number of Topliss-reactive ketones (excluding diaryl/α,β-unsaturated/α-hetero) is 1. The number of rotatable bonds is 2. The van der Waals surface area contributed by atoms with E-state index in [0.717, 1.165) is 36.2 Å². The largest absolute Gasteiger partial charge is 0.489 e. The van der Waals surface area contributed by atoms with Crippen LogP contribution < -0.4 is 0 Å². The van der Waals surface area contributed by atoms with Gasteiger partial charge in [-0.3, -0.25) is 9.78 Å². The van der Waals surface area contributed by atoms with Crippen LogP contribution in [-0.2, 0) is 14.3 Å². The Balaban J connectivity index is 1.56. The van der Waals surface area contributed by atoms with Gasteiger partial charge in [-0.2, -0.15) is 0 Å². The van der Waals surface area contributed by atoms with Gasteiger partial charge in [0.1, 0.15) is 11.9 Å². The summed E-state index contributed by atoms with van der Waals surface area (Å²) in [6.07, 6.45) is 13.8. The second kappa shape index (κ2) is 6.16. The summed E-state index contributed by atoms with van der Waals surface area (Å²) >= 11 is 0. The molecule has 0 bridgehead atoms. The molecular weight excluding hydrogens is 338 g/mol. The van der Waals surface area contributed by atoms with Crippen molar-refractivity contribution < 1.29 is 14.3 Å². The van der Waals surface area contributed by atoms with Crippen LogP contribution in [0.2, 0.25) is 0 Å². The van der Waals surface area contributed by atoms with E-state index < -0.39 is 0 Å². The van der Waals surface area contributed by atoms with E-state index in [1.807, 2.05) is 18.5 Å². The highest BCUT2D eigenvalue weighted by Gasteiger charge is 2.57. The average Bonchev–Trinajstić information content (AvgIpc) is 3.00. The third-order valence-electron chi connectivity index (χ3n) is 6.99. The molecule has 5 atom stereocenters. The van der Waals surface area contributed by atoms with Crippen molar-refractivity contribution >= 4 is 5.78 Å². The number of hydrogen-bond acceptors (Lipinski definition) is 4. The van der Waals surface area contributed by atoms with Crippen molar-refractivity contribution in [3.8, 4) is 0 Å². The summed E-state index contributed by atoms with van der Waals surface area (Å²) in [5.41, 5.74) is 3.08. The number of hydrogen-bond donors (Lipinski definition) is 0. The Morgan fingerprint density at radius 1 is 1.33 bits per heavy atom. The zero-order chi connectivity index (χ0) is 18.6. The van der Waals surface area contributed by atoms with Gasteiger partial charge in [0.25, 0.3) is 0 Å². The van der Waals surface area contributed by atoms with Crippen LogP contribution in [0.3, 0.4) is 0 Å². The number of ketones is 1. The third-order valence-corrected chi connectivity index (χ3v) is 6.99. The van der Waals surface area contributed by atoms with E-state index in [9.17, 15) is 4.79 Å². The van der Waals surface area contributed by atoms with E-state index >= 15 is 0 Å². The van der Waals surface area contributed by atoms with Gasteiger partial charge in [0.15, 0.2) is 5.78 Å². The number of carbonyl (C=O) groups is 1. The van der Waals surface area contributed by atoms with Gasteiger partial charge < -0.3 is 9.47 Å². The first-order valence-electron chi connectivity index (χ1n) is 9.88. The van der Waals surface area contributed by atoms with Crippen LogP contribution in [0.25, 0.3) is 0 Å². The lowest BCUT2D eigenvalue weighted by molar-refractivity contribution is -0.116. The molecule has 2 heterocycles. The molecule has 1 saturated carbocycles. The molecule has 0 aromatic carbocycles. The normalized spacial score (nSPS) is 37.3. The quantitative estimate of drug-likeness (QED) is 0.793. The maximum atomic E-state index is 12.3. The minimum absolute atomic E-state index is 0.00368. The topological polar surface area (TPSA) is 48.4 Å². The number of fused-ring (bicyclic) bond motifs is 3. The van der Waals surface area contributed by atoms with Crippen LogP contribution in [-0.4, -0.2) is 30.1 Å². The van der Waals surface area contributed by atoms with Crippen LogP contribution in [0.4, 0.5) is 0 Å². The zero-order valence-corrected chi connectivity index (χ0v) is 15.9. The second-order valence-electron chi connectivity index (χ2n) is 8.38. The van der Waals surface area contributed by atoms with E-state index in [2.05, 4.69) is 36.2 Å². The molecular formula is C23H25NO3. The Bertz CT molecular complexity index is 869. The molecule has 4 aliphatic rings. The van der Waals surface area contributed by atoms with Gasteiger partial charge in [0.05, 0.1) is 11.7 Å². The lowest BCUT2D eigenvalue weighted by Crippen LogP contribution is -2.41. The van der Waals surface area contributed by atoms with Gasteiger partial charge in [-0.1, -0.05) is 25.1 Å². The predicted molar refractivity (Wildman–Crippen MR) is 102 cm³/mol. The van der Waals surface area contributed by atoms with Crippen molar-refractivity contribution in [3.63, 3.8) is 0 Å². The van der Waals surface area contributed by atoms with Crippen molar-refractivity contribution in [2.24, 2.45) is 11.3 Å². The molecule has 5 rings (SSSR count). The zero-order valence-electron chi connectivity index (χ0n) is 15.9. The summed E-state index contributed by atoms with van der Waals surface area (Å²) < 4.78 is 12.4. The highest BCUT2D eigenvalue weighted by molar-refractivity contribution is 5.99. The Morgan fingerprint density at radius 3 is 3.00 bits per heavy atom. The summed E-state index contributed by atoms with van der Waals surface area (Å²) in [5, 5.41) is 0. The Kier molecular flexibility index (Phi) is 3.87. The van der Waals surface area contributed by atoms with Gasteiger partial charge in [-0.05, 0) is 36.1 Å². The number of pyridine rings is 1. The lowest BCUT2D eigenvalue weighted by atomic mass is 9.65. The molecule has 3 aliphatic carbocycles. The van der Waals surface area contributed by atoms with Crippen molar-refractivity contribution in [1.29, 1.82) is 0 Å². The number of methoxy groups -OCH3 is 1. The van der Waals surface area contributed by atoms with Gasteiger partial charge in [0, 0.05) is 49.6 Å². The van der Waals surface area contributed by atoms with Gasteiger partial charge in [-0.25, -0.2) is 0 Å². The minimum Gasteiger partial charge on any atom is -0.489 e. The molecule has 4 nitrogen and oxygen atoms in total. The fourth-order valence-corrected chi connectivity index (χ4v) is 5.64. The maximum Gasteiger partial charge on any atom is 0.166 e. The summed E-state index contributed by atoms with van der Waals surface area (Å²) in [7, 11) is 1.80. The van der Waals surface area contributed by atoms with Crippen molar-refractivity contribution in [1.82, 2.24) is 4.98 Å². The fraction of sp³-hybridized carbons (Fsp3) is 0.478. The standard InChI is InChI=1S/C23H25NO3/c1-23-9-8-14-11-16-18(25)6-3-7-19(16)27-22(14)17(23)12-20(26-2)21(23)15-5-4-10-24-13-15/h4-5,8-11,13,17,20-22H,3,6-7,12H2,1-2H3/t17-,20+,21-,22+,23-/m0/s1. The SMILES string of the molecule is CO[C@@H]1C[C@H]2[C@@H]3OC4=C(C=C3C=C[C@]2(C)[C@H]1c1cccnc1)C(=O)CCC4. The molecule has 1 aromatic heterocycles. The molecule has 1 aromatic rings. The molecule has 1 aliphatic heterocycles. The van der Waals surface area contributed by atoms with Gasteiger partial charge in [0.2, 0.25) is 0 Å². The molecule has 140 valence electrons. The molecule has 4 heteroatoms. The monoisotopic (exact) mass is 363 g/mol. The fourth-order valence-electron chi connectivity index (χ4n) is 5.64. The smallest absolute Gasteiger partial charge is 0.166 e. The molecule has 27 heavy (non-hydrogen) atoms. The minimum atomic E-state index is -0.0670. The van der Waals surface area contributed by atoms with E-state index in [4.69, 9.17) is 9.47 Å². The van der Waals surface area contributed by atoms with Gasteiger partial charge >= 0.3 is 0 Å². The summed E-state index contributed by atoms with van der Waals surface area (Å²) in [5.74, 6) is 1.68. The Labute approximate surface area is 160 Å². The first kappa shape index (κ1) is 16.9. The molecule has 0 amide bonds. The molecule has 0 saturated heterocycles. The number of nitrogens with zero attached hydrogens (tertiary/aromatic N) is 1. The molecule has 0 radical (unpaired) electrons. The molecule has 0 spiro atoms. The summed E-state index contributed by atoms with van der Waals surface area (Å²) in [4.78, 5) is 16.6. The number of carbonyl (C=O) groups excluding carboxylic acids is 1. The average molecular weight is 363 g/mol. The van der Waals surface area contributed by atoms with E-state index in [1.54, 1.807) is 7.11 Å². The lowest BCUT2D eigenvalue weighted by Gasteiger charge is -2.44. The van der Waals surface area contributed by atoms with Crippen molar-refractivity contribution in [2.75, 3.05) is 7.11 Å². The van der Waals surface area contributed by atoms with Crippen LogP contribution in [0, 0.1) is 11.3 Å². The first-order chi connectivity index (χ1) is 13.1. The summed E-state index contributed by atoms with van der Waals surface area (Å²) in [6, 6.07) is 4.15. The third kappa shape index (κ3) is 2.46. The van der Waals surface area contributed by atoms with E-state index in [-0.39, 0.29) is 29.3 Å². The van der Waals surface area contributed by atoms with Crippen LogP contribution in [0.1, 0.15) is 44.1 Å². The number of ether oxygens (including phenoxy) is 2. The molecule has 0 unspecified atom stereocenters. The van der Waals surface area contributed by atoms with Crippen LogP contribution in [0.5, 0.6) is 0 Å². The highest BCUT2D eigenvalue weighted by Crippen LogP contribution is 2.60. The van der Waals surface area contributed by atoms with E-state index in [0.29, 0.717) is 12.3 Å². The van der Waals surface area contributed by atoms with Crippen molar-refractivity contribution in [2.45, 2.75) is 50.7 Å². The van der Waals surface area contributed by atoms with Gasteiger partial charge in [-0.15, -0.1) is 0 Å².